The first-order chi connectivity index (χ1) is 6.02. The fourth-order valence-electron chi connectivity index (χ4n) is 0.915. The molecule has 0 radical (unpaired) electrons. The van der Waals surface area contributed by atoms with Gasteiger partial charge in [-0.05, 0) is 0 Å². The molecule has 13 heavy (non-hydrogen) atoms. The minimum Gasteiger partial charge on any atom is -0.469 e. The summed E-state index contributed by atoms with van der Waals surface area (Å²) in [5.74, 6) is -0.804. The minimum atomic E-state index is -0.488. The van der Waals surface area contributed by atoms with Gasteiger partial charge in [0.05, 0.1) is 28.3 Å². The van der Waals surface area contributed by atoms with Crippen LogP contribution in [0.25, 0.3) is 0 Å². The first kappa shape index (κ1) is 11.9. The average Bonchev–Trinajstić information content (AvgIpc) is 2.11. The van der Waals surface area contributed by atoms with E-state index in [1.165, 1.54) is 14.2 Å². The summed E-state index contributed by atoms with van der Waals surface area (Å²) in [5.41, 5.74) is 0. The maximum Gasteiger partial charge on any atom is 0.365 e. The Balaban J connectivity index is 4.26. The van der Waals surface area contributed by atoms with Gasteiger partial charge in [0.2, 0.25) is 0 Å². The molecule has 0 aromatic rings. The van der Waals surface area contributed by atoms with Gasteiger partial charge in [-0.15, -0.1) is 0 Å². The summed E-state index contributed by atoms with van der Waals surface area (Å²) in [4.78, 5) is 22.9. The second-order valence-electron chi connectivity index (χ2n) is 2.93. The Morgan fingerprint density at radius 1 is 1.23 bits per heavy atom. The lowest BCUT2D eigenvalue weighted by Crippen LogP contribution is -3.11. The van der Waals surface area contributed by atoms with Crippen LogP contribution in [0.4, 0.5) is 0 Å². The zero-order chi connectivity index (χ0) is 10.4. The molecular weight excluding hydrogens is 174 g/mol. The largest absolute Gasteiger partial charge is 0.469 e. The molecule has 0 unspecified atom stereocenters. The topological polar surface area (TPSA) is 57.0 Å². The smallest absolute Gasteiger partial charge is 0.365 e. The van der Waals surface area contributed by atoms with E-state index in [0.717, 1.165) is 4.90 Å². The van der Waals surface area contributed by atoms with E-state index in [2.05, 4.69) is 9.47 Å². The number of likely N-dealkylation sites (N-methyl/N-ethyl adjacent to an activating group) is 1. The molecule has 0 aromatic carbocycles. The number of carbonyl (C=O) groups is 2. The number of nitrogens with one attached hydrogen (secondary N) is 1. The predicted octanol–water partition coefficient (Wildman–Crippen LogP) is -1.76. The van der Waals surface area contributed by atoms with Crippen LogP contribution in [-0.4, -0.2) is 46.3 Å². The van der Waals surface area contributed by atoms with Gasteiger partial charge in [-0.2, -0.15) is 0 Å². The molecular formula is C8H16NO4+. The number of quaternary nitrogens is 1. The van der Waals surface area contributed by atoms with Crippen molar-refractivity contribution >= 4 is 11.9 Å². The molecule has 76 valence electrons. The van der Waals surface area contributed by atoms with Crippen LogP contribution in [0.5, 0.6) is 0 Å². The summed E-state index contributed by atoms with van der Waals surface area (Å²) in [6, 6.07) is -0.488. The van der Waals surface area contributed by atoms with E-state index in [1.54, 1.807) is 14.1 Å². The predicted molar refractivity (Wildman–Crippen MR) is 45.2 cm³/mol. The van der Waals surface area contributed by atoms with Crippen LogP contribution in [0.1, 0.15) is 6.42 Å². The van der Waals surface area contributed by atoms with Gasteiger partial charge in [0.1, 0.15) is 6.42 Å². The van der Waals surface area contributed by atoms with Gasteiger partial charge in [0.15, 0.2) is 6.04 Å². The summed E-state index contributed by atoms with van der Waals surface area (Å²) < 4.78 is 9.02. The number of hydrogen-bond donors (Lipinski definition) is 1. The fourth-order valence-corrected chi connectivity index (χ4v) is 0.915. The first-order valence-electron chi connectivity index (χ1n) is 3.97. The number of esters is 2. The normalized spacial score (nSPS) is 12.4. The van der Waals surface area contributed by atoms with E-state index in [4.69, 9.17) is 0 Å². The summed E-state index contributed by atoms with van der Waals surface area (Å²) >= 11 is 0. The molecule has 0 amide bonds. The van der Waals surface area contributed by atoms with Crippen LogP contribution in [-0.2, 0) is 19.1 Å². The minimum absolute atomic E-state index is 0.0471. The Bertz CT molecular complexity index is 191. The number of hydrogen-bond acceptors (Lipinski definition) is 4. The molecule has 5 heteroatoms. The molecule has 0 bridgehead atoms. The van der Waals surface area contributed by atoms with Crippen molar-refractivity contribution in [1.82, 2.24) is 0 Å². The van der Waals surface area contributed by atoms with Crippen LogP contribution in [0.2, 0.25) is 0 Å². The molecule has 0 aliphatic heterocycles. The fraction of sp³-hybridized carbons (Fsp3) is 0.750. The Morgan fingerprint density at radius 2 is 1.77 bits per heavy atom. The molecule has 5 nitrogen and oxygen atoms in total. The molecule has 0 aliphatic rings. The van der Waals surface area contributed by atoms with Crippen molar-refractivity contribution in [2.45, 2.75) is 12.5 Å². The Labute approximate surface area is 77.6 Å². The highest BCUT2D eigenvalue weighted by molar-refractivity contribution is 5.81. The number of methoxy groups -OCH3 is 2. The Morgan fingerprint density at radius 3 is 2.08 bits per heavy atom. The number of carbonyl (C=O) groups excluding carboxylic acids is 2. The number of ether oxygens (including phenoxy) is 2. The zero-order valence-electron chi connectivity index (χ0n) is 8.42. The van der Waals surface area contributed by atoms with Crippen molar-refractivity contribution in [3.05, 3.63) is 0 Å². The van der Waals surface area contributed by atoms with E-state index < -0.39 is 18.0 Å². The molecule has 1 N–H and O–H groups in total. The van der Waals surface area contributed by atoms with Gasteiger partial charge in [-0.1, -0.05) is 0 Å². The Hall–Kier alpha value is -1.10. The summed E-state index contributed by atoms with van der Waals surface area (Å²) in [7, 11) is 6.16. The van der Waals surface area contributed by atoms with E-state index >= 15 is 0 Å². The lowest BCUT2D eigenvalue weighted by atomic mass is 10.2. The van der Waals surface area contributed by atoms with Crippen LogP contribution in [0.15, 0.2) is 0 Å². The van der Waals surface area contributed by atoms with E-state index in [9.17, 15) is 9.59 Å². The SMILES string of the molecule is COC(=O)C[C@@H](C(=O)OC)[NH+](C)C. The van der Waals surface area contributed by atoms with Gasteiger partial charge in [0.25, 0.3) is 0 Å². The average molecular weight is 190 g/mol. The summed E-state index contributed by atoms with van der Waals surface area (Å²) in [6.07, 6.45) is 0.0471. The van der Waals surface area contributed by atoms with Crippen molar-refractivity contribution in [3.63, 3.8) is 0 Å². The third-order valence-electron chi connectivity index (χ3n) is 1.78. The lowest BCUT2D eigenvalue weighted by Gasteiger charge is -2.17. The van der Waals surface area contributed by atoms with E-state index in [-0.39, 0.29) is 6.42 Å². The van der Waals surface area contributed by atoms with Crippen LogP contribution >= 0.6 is 0 Å². The monoisotopic (exact) mass is 190 g/mol. The van der Waals surface area contributed by atoms with Gasteiger partial charge in [-0.3, -0.25) is 4.79 Å². The molecule has 0 fully saturated rings. The van der Waals surface area contributed by atoms with Gasteiger partial charge < -0.3 is 14.4 Å². The Kier molecular flexibility index (Phi) is 5.06. The van der Waals surface area contributed by atoms with Crippen LogP contribution in [0, 0.1) is 0 Å². The number of rotatable bonds is 4. The molecule has 0 aromatic heterocycles. The zero-order valence-corrected chi connectivity index (χ0v) is 8.42. The van der Waals surface area contributed by atoms with Crippen molar-refractivity contribution in [2.75, 3.05) is 28.3 Å². The van der Waals surface area contributed by atoms with Crippen molar-refractivity contribution in [2.24, 2.45) is 0 Å². The van der Waals surface area contributed by atoms with Crippen LogP contribution < -0.4 is 4.90 Å². The second kappa shape index (κ2) is 5.53. The van der Waals surface area contributed by atoms with Crippen molar-refractivity contribution in [3.8, 4) is 0 Å². The maximum atomic E-state index is 11.2. The second-order valence-corrected chi connectivity index (χ2v) is 2.93. The third-order valence-corrected chi connectivity index (χ3v) is 1.78. The van der Waals surface area contributed by atoms with Crippen LogP contribution in [0.3, 0.4) is 0 Å². The molecule has 0 saturated heterocycles. The van der Waals surface area contributed by atoms with Crippen molar-refractivity contribution < 1.29 is 24.0 Å². The summed E-state index contributed by atoms with van der Waals surface area (Å²) in [5, 5.41) is 0. The summed E-state index contributed by atoms with van der Waals surface area (Å²) in [6.45, 7) is 0. The molecule has 0 saturated carbocycles. The first-order valence-corrected chi connectivity index (χ1v) is 3.97. The highest BCUT2D eigenvalue weighted by Gasteiger charge is 2.28. The quantitative estimate of drug-likeness (QED) is 0.533. The van der Waals surface area contributed by atoms with Gasteiger partial charge in [-0.25, -0.2) is 4.79 Å². The van der Waals surface area contributed by atoms with Gasteiger partial charge in [0, 0.05) is 0 Å². The molecule has 0 heterocycles. The molecule has 0 aliphatic carbocycles. The molecule has 0 spiro atoms. The highest BCUT2D eigenvalue weighted by Crippen LogP contribution is 1.92. The van der Waals surface area contributed by atoms with Gasteiger partial charge >= 0.3 is 11.9 Å². The van der Waals surface area contributed by atoms with E-state index in [1.807, 2.05) is 0 Å². The van der Waals surface area contributed by atoms with E-state index in [0.29, 0.717) is 0 Å². The third kappa shape index (κ3) is 3.89. The standard InChI is InChI=1S/C8H15NO4/c1-9(2)6(8(11)13-4)5-7(10)12-3/h6H,5H2,1-4H3/p+1/t6-/m0/s1. The molecule has 1 atom stereocenters. The maximum absolute atomic E-state index is 11.2. The highest BCUT2D eigenvalue weighted by atomic mass is 16.5. The molecule has 0 rings (SSSR count). The van der Waals surface area contributed by atoms with Crippen molar-refractivity contribution in [1.29, 1.82) is 0 Å². The lowest BCUT2D eigenvalue weighted by molar-refractivity contribution is -0.875.